The molecule has 0 unspecified atom stereocenters. The summed E-state index contributed by atoms with van der Waals surface area (Å²) in [6, 6.07) is 12.3. The van der Waals surface area contributed by atoms with E-state index in [4.69, 9.17) is 4.52 Å². The van der Waals surface area contributed by atoms with Crippen LogP contribution in [0, 0.1) is 12.7 Å². The quantitative estimate of drug-likeness (QED) is 0.674. The Balaban J connectivity index is 1.58. The number of anilines is 1. The van der Waals surface area contributed by atoms with E-state index in [1.165, 1.54) is 17.7 Å². The fourth-order valence-electron chi connectivity index (χ4n) is 2.69. The molecule has 140 valence electrons. The number of hydrogen-bond acceptors (Lipinski definition) is 4. The highest BCUT2D eigenvalue weighted by Gasteiger charge is 2.12. The number of halogens is 1. The summed E-state index contributed by atoms with van der Waals surface area (Å²) in [5, 5.41) is 6.75. The lowest BCUT2D eigenvalue weighted by atomic mass is 10.0. The van der Waals surface area contributed by atoms with Crippen molar-refractivity contribution in [2.45, 2.75) is 39.5 Å². The third-order valence-corrected chi connectivity index (χ3v) is 4.33. The van der Waals surface area contributed by atoms with E-state index in [-0.39, 0.29) is 18.1 Å². The summed E-state index contributed by atoms with van der Waals surface area (Å²) in [6.07, 6.45) is 0.536. The second-order valence-corrected chi connectivity index (χ2v) is 6.80. The number of benzene rings is 2. The van der Waals surface area contributed by atoms with Crippen molar-refractivity contribution in [3.05, 3.63) is 65.3 Å². The van der Waals surface area contributed by atoms with Crippen LogP contribution in [-0.2, 0) is 11.2 Å². The molecule has 0 saturated carbocycles. The van der Waals surface area contributed by atoms with E-state index in [1.807, 2.05) is 12.1 Å². The van der Waals surface area contributed by atoms with Gasteiger partial charge in [0, 0.05) is 24.1 Å². The molecule has 0 atom stereocenters. The lowest BCUT2D eigenvalue weighted by Crippen LogP contribution is -2.13. The minimum atomic E-state index is -0.328. The standard InChI is InChI=1S/C21H22FN3O2/c1-13(2)15-4-6-16(7-5-15)21-24-20(27-25-21)11-10-19(26)23-18-9-8-17(22)12-14(18)3/h4-9,12-13H,10-11H2,1-3H3,(H,23,26). The average Bonchev–Trinajstić information content (AvgIpc) is 3.11. The van der Waals surface area contributed by atoms with Gasteiger partial charge in [0.1, 0.15) is 5.82 Å². The van der Waals surface area contributed by atoms with Crippen molar-refractivity contribution in [1.82, 2.24) is 10.1 Å². The second-order valence-electron chi connectivity index (χ2n) is 6.80. The van der Waals surface area contributed by atoms with Crippen LogP contribution in [0.25, 0.3) is 11.4 Å². The largest absolute Gasteiger partial charge is 0.339 e. The second kappa shape index (κ2) is 8.12. The predicted molar refractivity (Wildman–Crippen MR) is 102 cm³/mol. The van der Waals surface area contributed by atoms with Gasteiger partial charge in [-0.15, -0.1) is 0 Å². The van der Waals surface area contributed by atoms with Crippen molar-refractivity contribution in [3.8, 4) is 11.4 Å². The molecule has 0 saturated heterocycles. The van der Waals surface area contributed by atoms with Crippen LogP contribution in [0.3, 0.4) is 0 Å². The number of nitrogens with one attached hydrogen (secondary N) is 1. The number of nitrogens with zero attached hydrogens (tertiary/aromatic N) is 2. The van der Waals surface area contributed by atoms with Crippen molar-refractivity contribution in [1.29, 1.82) is 0 Å². The Labute approximate surface area is 157 Å². The van der Waals surface area contributed by atoms with Gasteiger partial charge >= 0.3 is 0 Å². The van der Waals surface area contributed by atoms with E-state index in [0.29, 0.717) is 35.3 Å². The maximum atomic E-state index is 13.1. The summed E-state index contributed by atoms with van der Waals surface area (Å²) in [6.45, 7) is 6.02. The summed E-state index contributed by atoms with van der Waals surface area (Å²) < 4.78 is 18.4. The van der Waals surface area contributed by atoms with E-state index in [9.17, 15) is 9.18 Å². The van der Waals surface area contributed by atoms with E-state index in [2.05, 4.69) is 41.4 Å². The monoisotopic (exact) mass is 367 g/mol. The van der Waals surface area contributed by atoms with Gasteiger partial charge < -0.3 is 9.84 Å². The van der Waals surface area contributed by atoms with E-state index in [1.54, 1.807) is 13.0 Å². The number of aryl methyl sites for hydroxylation is 2. The molecule has 3 rings (SSSR count). The number of rotatable bonds is 6. The van der Waals surface area contributed by atoms with E-state index < -0.39 is 0 Å². The van der Waals surface area contributed by atoms with Crippen LogP contribution < -0.4 is 5.32 Å². The van der Waals surface area contributed by atoms with Gasteiger partial charge in [-0.3, -0.25) is 4.79 Å². The molecule has 1 N–H and O–H groups in total. The van der Waals surface area contributed by atoms with Gasteiger partial charge in [-0.1, -0.05) is 43.3 Å². The van der Waals surface area contributed by atoms with Gasteiger partial charge in [0.05, 0.1) is 0 Å². The molecule has 1 heterocycles. The first-order valence-corrected chi connectivity index (χ1v) is 8.91. The smallest absolute Gasteiger partial charge is 0.227 e. The molecule has 6 heteroatoms. The summed E-state index contributed by atoms with van der Waals surface area (Å²) in [7, 11) is 0. The molecular weight excluding hydrogens is 345 g/mol. The van der Waals surface area contributed by atoms with Crippen LogP contribution in [-0.4, -0.2) is 16.0 Å². The molecule has 3 aromatic rings. The fraction of sp³-hybridized carbons (Fsp3) is 0.286. The predicted octanol–water partition coefficient (Wildman–Crippen LogP) is 4.88. The number of aromatic nitrogens is 2. The minimum Gasteiger partial charge on any atom is -0.339 e. The molecule has 1 aromatic heterocycles. The maximum absolute atomic E-state index is 13.1. The number of amides is 1. The SMILES string of the molecule is Cc1cc(F)ccc1NC(=O)CCc1nc(-c2ccc(C(C)C)cc2)no1. The third kappa shape index (κ3) is 4.78. The number of hydrogen-bond donors (Lipinski definition) is 1. The Kier molecular flexibility index (Phi) is 5.64. The molecule has 0 radical (unpaired) electrons. The Morgan fingerprint density at radius 3 is 2.59 bits per heavy atom. The third-order valence-electron chi connectivity index (χ3n) is 4.33. The van der Waals surface area contributed by atoms with Gasteiger partial charge in [0.15, 0.2) is 0 Å². The molecular formula is C21H22FN3O2. The first-order chi connectivity index (χ1) is 12.9. The molecule has 5 nitrogen and oxygen atoms in total. The first kappa shape index (κ1) is 18.8. The zero-order valence-electron chi connectivity index (χ0n) is 15.6. The molecule has 0 aliphatic heterocycles. The molecule has 1 amide bonds. The number of carbonyl (C=O) groups excluding carboxylic acids is 1. The Morgan fingerprint density at radius 1 is 1.19 bits per heavy atom. The summed E-state index contributed by atoms with van der Waals surface area (Å²) in [5.74, 6) is 0.859. The van der Waals surface area contributed by atoms with Crippen molar-refractivity contribution in [2.24, 2.45) is 0 Å². The summed E-state index contributed by atoms with van der Waals surface area (Å²) >= 11 is 0. The van der Waals surface area contributed by atoms with Gasteiger partial charge in [-0.05, 0) is 42.2 Å². The average molecular weight is 367 g/mol. The highest BCUT2D eigenvalue weighted by atomic mass is 19.1. The van der Waals surface area contributed by atoms with Crippen molar-refractivity contribution >= 4 is 11.6 Å². The van der Waals surface area contributed by atoms with Gasteiger partial charge in [-0.25, -0.2) is 4.39 Å². The zero-order valence-corrected chi connectivity index (χ0v) is 15.6. The normalized spacial score (nSPS) is 11.0. The fourth-order valence-corrected chi connectivity index (χ4v) is 2.69. The lowest BCUT2D eigenvalue weighted by Gasteiger charge is -2.07. The molecule has 0 bridgehead atoms. The Hall–Kier alpha value is -3.02. The van der Waals surface area contributed by atoms with Crippen molar-refractivity contribution in [3.63, 3.8) is 0 Å². The van der Waals surface area contributed by atoms with Crippen molar-refractivity contribution < 1.29 is 13.7 Å². The highest BCUT2D eigenvalue weighted by molar-refractivity contribution is 5.91. The van der Waals surface area contributed by atoms with Crippen LogP contribution in [0.15, 0.2) is 47.0 Å². The number of carbonyl (C=O) groups is 1. The summed E-state index contributed by atoms with van der Waals surface area (Å²) in [4.78, 5) is 16.5. The minimum absolute atomic E-state index is 0.189. The van der Waals surface area contributed by atoms with Crippen LogP contribution in [0.2, 0.25) is 0 Å². The zero-order chi connectivity index (χ0) is 19.4. The molecule has 0 aliphatic rings. The molecule has 0 fully saturated rings. The van der Waals surface area contributed by atoms with E-state index in [0.717, 1.165) is 5.56 Å². The lowest BCUT2D eigenvalue weighted by molar-refractivity contribution is -0.116. The molecule has 0 spiro atoms. The van der Waals surface area contributed by atoms with Gasteiger partial charge in [0.2, 0.25) is 17.6 Å². The highest BCUT2D eigenvalue weighted by Crippen LogP contribution is 2.21. The molecule has 0 aliphatic carbocycles. The molecule has 2 aromatic carbocycles. The van der Waals surface area contributed by atoms with Crippen LogP contribution in [0.5, 0.6) is 0 Å². The topological polar surface area (TPSA) is 68.0 Å². The maximum Gasteiger partial charge on any atom is 0.227 e. The molecule has 27 heavy (non-hydrogen) atoms. The van der Waals surface area contributed by atoms with Crippen molar-refractivity contribution in [2.75, 3.05) is 5.32 Å². The van der Waals surface area contributed by atoms with Gasteiger partial charge in [0.25, 0.3) is 0 Å². The first-order valence-electron chi connectivity index (χ1n) is 8.91. The van der Waals surface area contributed by atoms with Gasteiger partial charge in [-0.2, -0.15) is 4.98 Å². The van der Waals surface area contributed by atoms with Crippen LogP contribution in [0.4, 0.5) is 10.1 Å². The Bertz CT molecular complexity index is 933. The summed E-state index contributed by atoms with van der Waals surface area (Å²) in [5.41, 5.74) is 3.39. The van der Waals surface area contributed by atoms with Crippen LogP contribution >= 0.6 is 0 Å². The Morgan fingerprint density at radius 2 is 1.93 bits per heavy atom. The van der Waals surface area contributed by atoms with Crippen LogP contribution in [0.1, 0.15) is 43.2 Å². The van der Waals surface area contributed by atoms with E-state index >= 15 is 0 Å².